The fraction of sp³-hybridized carbons (Fsp3) is 0.900. The maximum Gasteiger partial charge on any atom is 0.251 e. The van der Waals surface area contributed by atoms with Crippen LogP contribution in [0.1, 0.15) is 38.5 Å². The molecule has 0 aromatic rings. The van der Waals surface area contributed by atoms with E-state index in [-0.39, 0.29) is 5.91 Å². The SMILES string of the molecule is O=C1CCOC2(O)CCCCCCN12. The number of hydrogen-bond donors (Lipinski definition) is 1. The van der Waals surface area contributed by atoms with Gasteiger partial charge in [-0.3, -0.25) is 9.69 Å². The van der Waals surface area contributed by atoms with Crippen molar-refractivity contribution in [1.82, 2.24) is 4.90 Å². The summed E-state index contributed by atoms with van der Waals surface area (Å²) in [4.78, 5) is 13.1. The molecule has 2 aliphatic rings. The lowest BCUT2D eigenvalue weighted by molar-refractivity contribution is -0.303. The van der Waals surface area contributed by atoms with Crippen molar-refractivity contribution in [2.75, 3.05) is 13.2 Å². The first-order valence-electron chi connectivity index (χ1n) is 5.39. The van der Waals surface area contributed by atoms with Gasteiger partial charge in [-0.1, -0.05) is 12.8 Å². The van der Waals surface area contributed by atoms with E-state index < -0.39 is 5.91 Å². The van der Waals surface area contributed by atoms with Gasteiger partial charge in [0.15, 0.2) is 0 Å². The predicted molar refractivity (Wildman–Crippen MR) is 50.3 cm³/mol. The largest absolute Gasteiger partial charge is 0.349 e. The lowest BCUT2D eigenvalue weighted by Crippen LogP contribution is -2.58. The maximum absolute atomic E-state index is 11.6. The molecule has 2 rings (SSSR count). The quantitative estimate of drug-likeness (QED) is 0.629. The molecule has 14 heavy (non-hydrogen) atoms. The highest BCUT2D eigenvalue weighted by atomic mass is 16.7. The Labute approximate surface area is 83.8 Å². The van der Waals surface area contributed by atoms with Gasteiger partial charge in [0.05, 0.1) is 13.0 Å². The molecule has 4 nitrogen and oxygen atoms in total. The third kappa shape index (κ3) is 1.77. The third-order valence-corrected chi connectivity index (χ3v) is 3.01. The monoisotopic (exact) mass is 199 g/mol. The molecular formula is C10H17NO3. The maximum atomic E-state index is 11.6. The summed E-state index contributed by atoms with van der Waals surface area (Å²) in [5, 5.41) is 10.1. The number of amides is 1. The summed E-state index contributed by atoms with van der Waals surface area (Å²) in [5.74, 6) is -1.27. The summed E-state index contributed by atoms with van der Waals surface area (Å²) in [5.41, 5.74) is 0. The van der Waals surface area contributed by atoms with Crippen LogP contribution in [-0.2, 0) is 9.53 Å². The Morgan fingerprint density at radius 2 is 2.07 bits per heavy atom. The van der Waals surface area contributed by atoms with Crippen molar-refractivity contribution in [3.8, 4) is 0 Å². The number of ether oxygens (including phenoxy) is 1. The highest BCUT2D eigenvalue weighted by Crippen LogP contribution is 2.29. The molecule has 80 valence electrons. The smallest absolute Gasteiger partial charge is 0.251 e. The van der Waals surface area contributed by atoms with Crippen LogP contribution in [0.5, 0.6) is 0 Å². The molecule has 1 N–H and O–H groups in total. The number of nitrogens with zero attached hydrogens (tertiary/aromatic N) is 1. The van der Waals surface area contributed by atoms with Crippen LogP contribution in [-0.4, -0.2) is 35.0 Å². The van der Waals surface area contributed by atoms with Gasteiger partial charge < -0.3 is 9.84 Å². The fourth-order valence-corrected chi connectivity index (χ4v) is 2.19. The zero-order chi connectivity index (χ0) is 10.0. The van der Waals surface area contributed by atoms with Crippen LogP contribution in [0.15, 0.2) is 0 Å². The average molecular weight is 199 g/mol. The number of fused-ring (bicyclic) bond motifs is 1. The zero-order valence-corrected chi connectivity index (χ0v) is 8.37. The Bertz CT molecular complexity index is 231. The number of hydrogen-bond acceptors (Lipinski definition) is 3. The Morgan fingerprint density at radius 3 is 2.93 bits per heavy atom. The van der Waals surface area contributed by atoms with E-state index >= 15 is 0 Å². The van der Waals surface area contributed by atoms with Crippen molar-refractivity contribution in [2.45, 2.75) is 44.4 Å². The fourth-order valence-electron chi connectivity index (χ4n) is 2.19. The minimum Gasteiger partial charge on any atom is -0.349 e. The molecule has 4 heteroatoms. The summed E-state index contributed by atoms with van der Waals surface area (Å²) in [6.45, 7) is 0.987. The zero-order valence-electron chi connectivity index (χ0n) is 8.37. The van der Waals surface area contributed by atoms with Crippen molar-refractivity contribution in [3.05, 3.63) is 0 Å². The van der Waals surface area contributed by atoms with Crippen LogP contribution in [0.3, 0.4) is 0 Å². The second kappa shape index (κ2) is 3.87. The number of carbonyl (C=O) groups excluding carboxylic acids is 1. The van der Waals surface area contributed by atoms with Gasteiger partial charge in [0, 0.05) is 13.0 Å². The molecular weight excluding hydrogens is 182 g/mol. The molecule has 0 radical (unpaired) electrons. The van der Waals surface area contributed by atoms with Gasteiger partial charge in [-0.25, -0.2) is 0 Å². The van der Waals surface area contributed by atoms with E-state index in [0.717, 1.165) is 25.7 Å². The first-order chi connectivity index (χ1) is 6.72. The summed E-state index contributed by atoms with van der Waals surface area (Å²) < 4.78 is 5.34. The molecule has 0 saturated carbocycles. The second-order valence-electron chi connectivity index (χ2n) is 4.05. The Kier molecular flexibility index (Phi) is 2.74. The van der Waals surface area contributed by atoms with Crippen LogP contribution in [0.25, 0.3) is 0 Å². The van der Waals surface area contributed by atoms with E-state index in [1.54, 1.807) is 0 Å². The molecule has 1 atom stereocenters. The summed E-state index contributed by atoms with van der Waals surface area (Å²) in [6, 6.07) is 0. The Hall–Kier alpha value is -0.610. The van der Waals surface area contributed by atoms with Crippen molar-refractivity contribution in [3.63, 3.8) is 0 Å². The van der Waals surface area contributed by atoms with E-state index in [1.807, 2.05) is 0 Å². The van der Waals surface area contributed by atoms with Gasteiger partial charge in [-0.15, -0.1) is 0 Å². The van der Waals surface area contributed by atoms with E-state index in [0.29, 0.717) is 26.0 Å². The summed E-state index contributed by atoms with van der Waals surface area (Å²) >= 11 is 0. The summed E-state index contributed by atoms with van der Waals surface area (Å²) in [7, 11) is 0. The van der Waals surface area contributed by atoms with Crippen molar-refractivity contribution in [2.24, 2.45) is 0 Å². The first-order valence-corrected chi connectivity index (χ1v) is 5.39. The first kappa shape index (κ1) is 9.93. The molecule has 0 aromatic carbocycles. The van der Waals surface area contributed by atoms with Crippen LogP contribution in [0.2, 0.25) is 0 Å². The number of aliphatic hydroxyl groups is 1. The summed E-state index contributed by atoms with van der Waals surface area (Å²) in [6.07, 6.45) is 5.12. The lowest BCUT2D eigenvalue weighted by atomic mass is 10.0. The van der Waals surface area contributed by atoms with Gasteiger partial charge in [0.1, 0.15) is 0 Å². The van der Waals surface area contributed by atoms with Gasteiger partial charge >= 0.3 is 0 Å². The van der Waals surface area contributed by atoms with Gasteiger partial charge in [-0.2, -0.15) is 0 Å². The second-order valence-corrected chi connectivity index (χ2v) is 4.05. The van der Waals surface area contributed by atoms with Crippen LogP contribution in [0.4, 0.5) is 0 Å². The van der Waals surface area contributed by atoms with Gasteiger partial charge in [0.25, 0.3) is 5.91 Å². The van der Waals surface area contributed by atoms with Gasteiger partial charge in [-0.05, 0) is 12.8 Å². The normalized spacial score (nSPS) is 34.6. The molecule has 2 heterocycles. The molecule has 0 aliphatic carbocycles. The van der Waals surface area contributed by atoms with E-state index in [2.05, 4.69) is 0 Å². The van der Waals surface area contributed by atoms with E-state index in [4.69, 9.17) is 4.74 Å². The minimum atomic E-state index is -1.30. The van der Waals surface area contributed by atoms with E-state index in [1.165, 1.54) is 4.90 Å². The van der Waals surface area contributed by atoms with Crippen LogP contribution in [0, 0.1) is 0 Å². The van der Waals surface area contributed by atoms with Crippen molar-refractivity contribution >= 4 is 5.91 Å². The molecule has 2 aliphatic heterocycles. The molecule has 0 aromatic heterocycles. The standard InChI is InChI=1S/C10H17NO3/c12-9-5-8-14-10(13)6-3-1-2-4-7-11(9)10/h13H,1-8H2. The number of rotatable bonds is 0. The molecule has 0 bridgehead atoms. The van der Waals surface area contributed by atoms with Crippen molar-refractivity contribution in [1.29, 1.82) is 0 Å². The van der Waals surface area contributed by atoms with Crippen LogP contribution < -0.4 is 0 Å². The Morgan fingerprint density at radius 1 is 1.29 bits per heavy atom. The Balaban J connectivity index is 2.13. The molecule has 1 amide bonds. The number of carbonyl (C=O) groups is 1. The van der Waals surface area contributed by atoms with Gasteiger partial charge in [0.2, 0.25) is 5.91 Å². The molecule has 0 spiro atoms. The average Bonchev–Trinajstić information content (AvgIpc) is 2.11. The molecule has 2 saturated heterocycles. The lowest BCUT2D eigenvalue weighted by Gasteiger charge is -2.43. The predicted octanol–water partition coefficient (Wildman–Crippen LogP) is 0.845. The topological polar surface area (TPSA) is 49.8 Å². The highest BCUT2D eigenvalue weighted by molar-refractivity contribution is 5.77. The van der Waals surface area contributed by atoms with Crippen LogP contribution >= 0.6 is 0 Å². The molecule has 2 fully saturated rings. The van der Waals surface area contributed by atoms with E-state index in [9.17, 15) is 9.90 Å². The molecule has 1 unspecified atom stereocenters. The highest BCUT2D eigenvalue weighted by Gasteiger charge is 2.41. The van der Waals surface area contributed by atoms with Crippen molar-refractivity contribution < 1.29 is 14.6 Å². The third-order valence-electron chi connectivity index (χ3n) is 3.01. The minimum absolute atomic E-state index is 0.0284.